The molecule has 134 valence electrons. The van der Waals surface area contributed by atoms with Crippen molar-refractivity contribution in [2.75, 3.05) is 21.2 Å². The fourth-order valence-corrected chi connectivity index (χ4v) is 1.86. The first kappa shape index (κ1) is 19.5. The smallest absolute Gasteiger partial charge is 0.493 e. The first-order chi connectivity index (χ1) is 10.9. The second-order valence-corrected chi connectivity index (χ2v) is 6.05. The van der Waals surface area contributed by atoms with Gasteiger partial charge in [-0.25, -0.2) is 9.79 Å². The second kappa shape index (κ2) is 6.95. The van der Waals surface area contributed by atoms with Crippen molar-refractivity contribution in [3.05, 3.63) is 17.7 Å². The van der Waals surface area contributed by atoms with E-state index in [2.05, 4.69) is 9.18 Å². The van der Waals surface area contributed by atoms with Gasteiger partial charge in [0.25, 0.3) is 0 Å². The van der Waals surface area contributed by atoms with Crippen LogP contribution in [0.3, 0.4) is 0 Å². The summed E-state index contributed by atoms with van der Waals surface area (Å²) >= 11 is 0. The van der Waals surface area contributed by atoms with E-state index >= 15 is 0 Å². The highest BCUT2D eigenvalue weighted by Gasteiger charge is 2.49. The van der Waals surface area contributed by atoms with E-state index in [1.807, 2.05) is 0 Å². The van der Waals surface area contributed by atoms with E-state index < -0.39 is 38.7 Å². The summed E-state index contributed by atoms with van der Waals surface area (Å²) in [6.45, 7) is 0. The Morgan fingerprint density at radius 2 is 1.88 bits per heavy atom. The number of carbonyl (C=O) groups is 1. The van der Waals surface area contributed by atoms with Gasteiger partial charge in [0, 0.05) is 26.2 Å². The Balaban J connectivity index is 3.50. The average molecular weight is 370 g/mol. The summed E-state index contributed by atoms with van der Waals surface area (Å²) in [4.78, 5) is 16.4. The Labute approximate surface area is 135 Å². The number of nitrogens with zero attached hydrogens (tertiary/aromatic N) is 2. The number of halogens is 3. The molecule has 0 aliphatic heterocycles. The van der Waals surface area contributed by atoms with Crippen LogP contribution in [0.4, 0.5) is 18.9 Å². The van der Waals surface area contributed by atoms with Gasteiger partial charge in [0.1, 0.15) is 0 Å². The summed E-state index contributed by atoms with van der Waals surface area (Å²) in [5, 5.41) is 9.12. The molecule has 0 radical (unpaired) electrons. The van der Waals surface area contributed by atoms with Crippen LogP contribution in [0.15, 0.2) is 17.1 Å². The van der Waals surface area contributed by atoms with Crippen molar-refractivity contribution in [1.29, 1.82) is 0 Å². The molecule has 1 N–H and O–H groups in total. The maximum absolute atomic E-state index is 12.4. The largest absolute Gasteiger partial charge is 0.534 e. The molecular weight excluding hydrogens is 357 g/mol. The first-order valence-electron chi connectivity index (χ1n) is 6.05. The van der Waals surface area contributed by atoms with Crippen molar-refractivity contribution in [3.63, 3.8) is 0 Å². The van der Waals surface area contributed by atoms with Gasteiger partial charge >= 0.3 is 21.6 Å². The summed E-state index contributed by atoms with van der Waals surface area (Å²) in [6, 6.07) is 1.54. The van der Waals surface area contributed by atoms with Crippen molar-refractivity contribution < 1.29 is 40.4 Å². The summed E-state index contributed by atoms with van der Waals surface area (Å²) < 4.78 is 68.2. The molecule has 0 saturated heterocycles. The molecule has 0 saturated carbocycles. The lowest BCUT2D eigenvalue weighted by Gasteiger charge is -2.14. The Morgan fingerprint density at radius 3 is 2.29 bits per heavy atom. The predicted octanol–water partition coefficient (Wildman–Crippen LogP) is 1.84. The average Bonchev–Trinajstić information content (AvgIpc) is 2.43. The minimum Gasteiger partial charge on any atom is -0.493 e. The molecule has 1 aromatic carbocycles. The minimum absolute atomic E-state index is 0.315. The SMILES string of the molecule is COc1cc(C(=O)O)c(N=CN(C)C)cc1OS(=O)(=O)C(F)(F)F. The van der Waals surface area contributed by atoms with Crippen LogP contribution in [0.25, 0.3) is 0 Å². The van der Waals surface area contributed by atoms with Gasteiger partial charge in [0.2, 0.25) is 0 Å². The number of methoxy groups -OCH3 is 1. The molecule has 0 aromatic heterocycles. The number of alkyl halides is 3. The minimum atomic E-state index is -5.95. The van der Waals surface area contributed by atoms with E-state index in [1.54, 1.807) is 14.1 Å². The van der Waals surface area contributed by atoms with Gasteiger partial charge in [-0.3, -0.25) is 0 Å². The van der Waals surface area contributed by atoms with Crippen LogP contribution < -0.4 is 8.92 Å². The molecule has 0 amide bonds. The number of hydrogen-bond donors (Lipinski definition) is 1. The molecule has 24 heavy (non-hydrogen) atoms. The lowest BCUT2D eigenvalue weighted by molar-refractivity contribution is -0.0500. The Kier molecular flexibility index (Phi) is 5.66. The van der Waals surface area contributed by atoms with Crippen LogP contribution >= 0.6 is 0 Å². The lowest BCUT2D eigenvalue weighted by atomic mass is 10.1. The molecule has 0 atom stereocenters. The van der Waals surface area contributed by atoms with E-state index in [-0.39, 0.29) is 5.69 Å². The van der Waals surface area contributed by atoms with Crippen molar-refractivity contribution in [2.24, 2.45) is 4.99 Å². The van der Waals surface area contributed by atoms with Gasteiger partial charge in [-0.1, -0.05) is 0 Å². The zero-order chi connectivity index (χ0) is 18.7. The maximum Gasteiger partial charge on any atom is 0.534 e. The third kappa shape index (κ3) is 4.50. The Morgan fingerprint density at radius 1 is 1.29 bits per heavy atom. The second-order valence-electron chi connectivity index (χ2n) is 4.52. The Hall–Kier alpha value is -2.50. The van der Waals surface area contributed by atoms with E-state index in [0.29, 0.717) is 0 Å². The fourth-order valence-electron chi connectivity index (χ4n) is 1.40. The zero-order valence-corrected chi connectivity index (χ0v) is 13.5. The molecule has 0 unspecified atom stereocenters. The molecule has 0 fully saturated rings. The molecule has 0 aliphatic rings. The van der Waals surface area contributed by atoms with Gasteiger partial charge in [0.15, 0.2) is 11.5 Å². The highest BCUT2D eigenvalue weighted by atomic mass is 32.2. The molecule has 1 aromatic rings. The predicted molar refractivity (Wildman–Crippen MR) is 77.4 cm³/mol. The number of rotatable bonds is 6. The van der Waals surface area contributed by atoms with Gasteiger partial charge in [-0.15, -0.1) is 0 Å². The highest BCUT2D eigenvalue weighted by molar-refractivity contribution is 7.88. The molecule has 12 heteroatoms. The summed E-state index contributed by atoms with van der Waals surface area (Å²) in [5.41, 5.74) is -6.39. The van der Waals surface area contributed by atoms with Crippen LogP contribution in [0.2, 0.25) is 0 Å². The van der Waals surface area contributed by atoms with E-state index in [9.17, 15) is 26.4 Å². The fraction of sp³-hybridized carbons (Fsp3) is 0.333. The number of aromatic carboxylic acids is 1. The third-order valence-corrected chi connectivity index (χ3v) is 3.39. The maximum atomic E-state index is 12.4. The van der Waals surface area contributed by atoms with Gasteiger partial charge in [-0.05, 0) is 0 Å². The van der Waals surface area contributed by atoms with Crippen molar-refractivity contribution in [1.82, 2.24) is 4.90 Å². The standard InChI is InChI=1S/C12H13F3N2O6S/c1-17(2)6-16-8-5-10(23-24(20,21)12(13,14)15)9(22-3)4-7(8)11(18)19/h4-6H,1-3H3,(H,18,19). The van der Waals surface area contributed by atoms with E-state index in [0.717, 1.165) is 19.2 Å². The van der Waals surface area contributed by atoms with Gasteiger partial charge < -0.3 is 18.9 Å². The quantitative estimate of drug-likeness (QED) is 0.352. The number of hydrogen-bond acceptors (Lipinski definition) is 6. The highest BCUT2D eigenvalue weighted by Crippen LogP contribution is 2.38. The lowest BCUT2D eigenvalue weighted by Crippen LogP contribution is -2.28. The topological polar surface area (TPSA) is 106 Å². The summed E-state index contributed by atoms with van der Waals surface area (Å²) in [7, 11) is -1.81. The summed E-state index contributed by atoms with van der Waals surface area (Å²) in [5.74, 6) is -2.79. The molecule has 0 spiro atoms. The number of benzene rings is 1. The number of aliphatic imine (C=N–C) groups is 1. The molecule has 0 bridgehead atoms. The monoisotopic (exact) mass is 370 g/mol. The first-order valence-corrected chi connectivity index (χ1v) is 7.46. The molecule has 8 nitrogen and oxygen atoms in total. The number of carboxylic acids is 1. The van der Waals surface area contributed by atoms with Crippen LogP contribution in [0.5, 0.6) is 11.5 Å². The van der Waals surface area contributed by atoms with Crippen LogP contribution in [-0.2, 0) is 10.1 Å². The van der Waals surface area contributed by atoms with E-state index in [1.165, 1.54) is 11.2 Å². The van der Waals surface area contributed by atoms with Crippen molar-refractivity contribution in [2.45, 2.75) is 5.51 Å². The molecule has 0 heterocycles. The van der Waals surface area contributed by atoms with Crippen molar-refractivity contribution >= 4 is 28.1 Å². The molecule has 1 rings (SSSR count). The van der Waals surface area contributed by atoms with Gasteiger partial charge in [0.05, 0.1) is 24.7 Å². The summed E-state index contributed by atoms with van der Waals surface area (Å²) in [6.07, 6.45) is 1.18. The molecule has 0 aliphatic carbocycles. The third-order valence-electron chi connectivity index (χ3n) is 2.42. The number of carboxylic acid groups (broad SMARTS) is 1. The van der Waals surface area contributed by atoms with Crippen LogP contribution in [0.1, 0.15) is 10.4 Å². The normalized spacial score (nSPS) is 12.2. The Bertz CT molecular complexity index is 759. The van der Waals surface area contributed by atoms with E-state index in [4.69, 9.17) is 9.84 Å². The molecular formula is C12H13F3N2O6S. The number of ether oxygens (including phenoxy) is 1. The van der Waals surface area contributed by atoms with Gasteiger partial charge in [-0.2, -0.15) is 21.6 Å². The zero-order valence-electron chi connectivity index (χ0n) is 12.7. The van der Waals surface area contributed by atoms with Crippen LogP contribution in [-0.4, -0.2) is 57.4 Å². The van der Waals surface area contributed by atoms with Crippen LogP contribution in [0, 0.1) is 0 Å². The van der Waals surface area contributed by atoms with Crippen molar-refractivity contribution in [3.8, 4) is 11.5 Å².